The molecule has 1 aliphatic heterocycles. The first-order valence-corrected chi connectivity index (χ1v) is 7.06. The van der Waals surface area contributed by atoms with E-state index in [4.69, 9.17) is 5.11 Å². The Labute approximate surface area is 115 Å². The molecular weight excluding hydrogens is 238 g/mol. The summed E-state index contributed by atoms with van der Waals surface area (Å²) in [7, 11) is 0. The highest BCUT2D eigenvalue weighted by molar-refractivity contribution is 5.74. The van der Waals surface area contributed by atoms with Crippen molar-refractivity contribution in [3.8, 4) is 0 Å². The van der Waals surface area contributed by atoms with Gasteiger partial charge in [0.2, 0.25) is 0 Å². The van der Waals surface area contributed by atoms with Gasteiger partial charge in [-0.25, -0.2) is 0 Å². The van der Waals surface area contributed by atoms with E-state index in [0.29, 0.717) is 6.42 Å². The van der Waals surface area contributed by atoms with Crippen LogP contribution in [0, 0.1) is 5.41 Å². The Balaban J connectivity index is 2.04. The maximum absolute atomic E-state index is 11.1. The SMILES string of the molecule is CC(C)(Cc1ccc(N2CCCCC2)cc1)C(=O)O. The Bertz CT molecular complexity index is 431. The number of hydrogen-bond donors (Lipinski definition) is 1. The Morgan fingerprint density at radius 3 is 2.26 bits per heavy atom. The lowest BCUT2D eigenvalue weighted by Crippen LogP contribution is -2.29. The van der Waals surface area contributed by atoms with Crippen LogP contribution in [0.4, 0.5) is 5.69 Å². The summed E-state index contributed by atoms with van der Waals surface area (Å²) in [5.41, 5.74) is 1.65. The zero-order valence-electron chi connectivity index (χ0n) is 11.9. The van der Waals surface area contributed by atoms with Gasteiger partial charge in [0.15, 0.2) is 0 Å². The monoisotopic (exact) mass is 261 g/mol. The Hall–Kier alpha value is -1.51. The van der Waals surface area contributed by atoms with Crippen molar-refractivity contribution in [2.45, 2.75) is 39.5 Å². The smallest absolute Gasteiger partial charge is 0.309 e. The van der Waals surface area contributed by atoms with E-state index in [-0.39, 0.29) is 0 Å². The van der Waals surface area contributed by atoms with Gasteiger partial charge in [-0.15, -0.1) is 0 Å². The Morgan fingerprint density at radius 1 is 1.16 bits per heavy atom. The van der Waals surface area contributed by atoms with Crippen molar-refractivity contribution in [1.29, 1.82) is 0 Å². The van der Waals surface area contributed by atoms with Crippen molar-refractivity contribution >= 4 is 11.7 Å². The highest BCUT2D eigenvalue weighted by Gasteiger charge is 2.27. The van der Waals surface area contributed by atoms with Crippen LogP contribution in [0.25, 0.3) is 0 Å². The highest BCUT2D eigenvalue weighted by Crippen LogP contribution is 2.25. The normalized spacial score (nSPS) is 16.4. The summed E-state index contributed by atoms with van der Waals surface area (Å²) in [6, 6.07) is 8.38. The number of piperidine rings is 1. The van der Waals surface area contributed by atoms with E-state index < -0.39 is 11.4 Å². The number of aliphatic carboxylic acids is 1. The first-order chi connectivity index (χ1) is 8.99. The van der Waals surface area contributed by atoms with Gasteiger partial charge in [-0.2, -0.15) is 0 Å². The topological polar surface area (TPSA) is 40.5 Å². The standard InChI is InChI=1S/C16H23NO2/c1-16(2,15(18)19)12-13-6-8-14(9-7-13)17-10-4-3-5-11-17/h6-9H,3-5,10-12H2,1-2H3,(H,18,19). The van der Waals surface area contributed by atoms with Gasteiger partial charge in [0.1, 0.15) is 0 Å². The zero-order chi connectivity index (χ0) is 13.9. The van der Waals surface area contributed by atoms with Crippen molar-refractivity contribution in [2.75, 3.05) is 18.0 Å². The molecule has 3 nitrogen and oxygen atoms in total. The van der Waals surface area contributed by atoms with E-state index in [1.54, 1.807) is 13.8 Å². The quantitative estimate of drug-likeness (QED) is 0.903. The average Bonchev–Trinajstić information content (AvgIpc) is 2.40. The van der Waals surface area contributed by atoms with E-state index in [2.05, 4.69) is 29.2 Å². The molecule has 1 aromatic rings. The van der Waals surface area contributed by atoms with Crippen LogP contribution in [-0.4, -0.2) is 24.2 Å². The number of anilines is 1. The largest absolute Gasteiger partial charge is 0.481 e. The minimum absolute atomic E-state index is 0.572. The minimum atomic E-state index is -0.743. The fourth-order valence-electron chi connectivity index (χ4n) is 2.56. The number of carboxylic acid groups (broad SMARTS) is 1. The van der Waals surface area contributed by atoms with Crippen LogP contribution in [0.3, 0.4) is 0 Å². The van der Waals surface area contributed by atoms with Crippen molar-refractivity contribution < 1.29 is 9.90 Å². The van der Waals surface area contributed by atoms with Crippen molar-refractivity contribution in [3.05, 3.63) is 29.8 Å². The summed E-state index contributed by atoms with van der Waals surface area (Å²) in [6.07, 6.45) is 4.45. The maximum atomic E-state index is 11.1. The Kier molecular flexibility index (Phi) is 4.13. The van der Waals surface area contributed by atoms with Crippen molar-refractivity contribution in [1.82, 2.24) is 0 Å². The van der Waals surface area contributed by atoms with E-state index in [9.17, 15) is 4.79 Å². The maximum Gasteiger partial charge on any atom is 0.309 e. The van der Waals surface area contributed by atoms with Gasteiger partial charge in [0, 0.05) is 18.8 Å². The van der Waals surface area contributed by atoms with Gasteiger partial charge in [-0.05, 0) is 57.2 Å². The molecule has 0 unspecified atom stereocenters. The summed E-state index contributed by atoms with van der Waals surface area (Å²) in [5, 5.41) is 9.15. The molecule has 1 N–H and O–H groups in total. The summed E-state index contributed by atoms with van der Waals surface area (Å²) in [4.78, 5) is 13.5. The highest BCUT2D eigenvalue weighted by atomic mass is 16.4. The molecule has 0 bridgehead atoms. The molecule has 0 atom stereocenters. The molecule has 1 aliphatic rings. The van der Waals surface area contributed by atoms with Crippen LogP contribution in [0.5, 0.6) is 0 Å². The fourth-order valence-corrected chi connectivity index (χ4v) is 2.56. The predicted octanol–water partition coefficient (Wildman–Crippen LogP) is 3.33. The third kappa shape index (κ3) is 3.49. The molecular formula is C16H23NO2. The van der Waals surface area contributed by atoms with Crippen LogP contribution < -0.4 is 4.90 Å². The van der Waals surface area contributed by atoms with Crippen molar-refractivity contribution in [2.24, 2.45) is 5.41 Å². The molecule has 1 fully saturated rings. The molecule has 1 saturated heterocycles. The molecule has 104 valence electrons. The van der Waals surface area contributed by atoms with Crippen LogP contribution >= 0.6 is 0 Å². The molecule has 0 radical (unpaired) electrons. The van der Waals surface area contributed by atoms with Crippen molar-refractivity contribution in [3.63, 3.8) is 0 Å². The molecule has 0 aromatic heterocycles. The van der Waals surface area contributed by atoms with Gasteiger partial charge in [-0.1, -0.05) is 12.1 Å². The number of benzene rings is 1. The van der Waals surface area contributed by atoms with Gasteiger partial charge in [-0.3, -0.25) is 4.79 Å². The summed E-state index contributed by atoms with van der Waals surface area (Å²) < 4.78 is 0. The molecule has 0 saturated carbocycles. The van der Waals surface area contributed by atoms with E-state index in [1.165, 1.54) is 24.9 Å². The molecule has 3 heteroatoms. The lowest BCUT2D eigenvalue weighted by atomic mass is 9.86. The molecule has 2 rings (SSSR count). The first kappa shape index (κ1) is 13.9. The Morgan fingerprint density at radius 2 is 1.74 bits per heavy atom. The van der Waals surface area contributed by atoms with Crippen LogP contribution in [-0.2, 0) is 11.2 Å². The second kappa shape index (κ2) is 5.64. The third-order valence-electron chi connectivity index (χ3n) is 3.88. The molecule has 19 heavy (non-hydrogen) atoms. The third-order valence-corrected chi connectivity index (χ3v) is 3.88. The zero-order valence-corrected chi connectivity index (χ0v) is 11.9. The summed E-state index contributed by atoms with van der Waals surface area (Å²) in [6.45, 7) is 5.82. The van der Waals surface area contributed by atoms with Crippen LogP contribution in [0.2, 0.25) is 0 Å². The summed E-state index contributed by atoms with van der Waals surface area (Å²) in [5.74, 6) is -0.743. The fraction of sp³-hybridized carbons (Fsp3) is 0.562. The lowest BCUT2D eigenvalue weighted by molar-refractivity contribution is -0.146. The van der Waals surface area contributed by atoms with E-state index in [1.807, 2.05) is 0 Å². The number of carbonyl (C=O) groups is 1. The van der Waals surface area contributed by atoms with Gasteiger partial charge >= 0.3 is 5.97 Å². The molecule has 0 spiro atoms. The van der Waals surface area contributed by atoms with E-state index in [0.717, 1.165) is 18.7 Å². The first-order valence-electron chi connectivity index (χ1n) is 7.06. The second-order valence-electron chi connectivity index (χ2n) is 6.08. The van der Waals surface area contributed by atoms with Gasteiger partial charge in [0.25, 0.3) is 0 Å². The molecule has 0 aliphatic carbocycles. The number of rotatable bonds is 4. The average molecular weight is 261 g/mol. The van der Waals surface area contributed by atoms with Crippen LogP contribution in [0.15, 0.2) is 24.3 Å². The summed E-state index contributed by atoms with van der Waals surface area (Å²) >= 11 is 0. The predicted molar refractivity (Wildman–Crippen MR) is 77.6 cm³/mol. The molecule has 1 aromatic carbocycles. The minimum Gasteiger partial charge on any atom is -0.481 e. The lowest BCUT2D eigenvalue weighted by Gasteiger charge is -2.29. The van der Waals surface area contributed by atoms with E-state index >= 15 is 0 Å². The molecule has 1 heterocycles. The van der Waals surface area contributed by atoms with Crippen LogP contribution in [0.1, 0.15) is 38.7 Å². The molecule has 0 amide bonds. The second-order valence-corrected chi connectivity index (χ2v) is 6.08. The number of nitrogens with zero attached hydrogens (tertiary/aromatic N) is 1. The van der Waals surface area contributed by atoms with Gasteiger partial charge in [0.05, 0.1) is 5.41 Å². The van der Waals surface area contributed by atoms with Gasteiger partial charge < -0.3 is 10.0 Å². The number of hydrogen-bond acceptors (Lipinski definition) is 2. The number of carboxylic acids is 1.